The molecule has 16 heavy (non-hydrogen) atoms. The average molecular weight is 296 g/mol. The van der Waals surface area contributed by atoms with Gasteiger partial charge < -0.3 is 0 Å². The molecular formula is C12H28P4. The van der Waals surface area contributed by atoms with Crippen molar-refractivity contribution in [3.63, 3.8) is 0 Å². The van der Waals surface area contributed by atoms with E-state index in [9.17, 15) is 0 Å². The first-order valence-electron chi connectivity index (χ1n) is 6.60. The molecule has 1 saturated carbocycles. The first kappa shape index (κ1) is 15.8. The van der Waals surface area contributed by atoms with Gasteiger partial charge >= 0.3 is 0 Å². The van der Waals surface area contributed by atoms with Crippen LogP contribution in [0.5, 0.6) is 0 Å². The third kappa shape index (κ3) is 7.22. The molecule has 0 spiro atoms. The van der Waals surface area contributed by atoms with Gasteiger partial charge in [0.2, 0.25) is 0 Å². The second-order valence-electron chi connectivity index (χ2n) is 5.39. The highest BCUT2D eigenvalue weighted by atomic mass is 31.0. The zero-order valence-electron chi connectivity index (χ0n) is 10.3. The summed E-state index contributed by atoms with van der Waals surface area (Å²) in [7, 11) is 12.2. The average Bonchev–Trinajstić information content (AvgIpc) is 2.14. The Hall–Kier alpha value is 1.72. The first-order chi connectivity index (χ1) is 7.58. The second kappa shape index (κ2) is 8.76. The van der Waals surface area contributed by atoms with Gasteiger partial charge in [-0.25, -0.2) is 0 Å². The summed E-state index contributed by atoms with van der Waals surface area (Å²) in [6.45, 7) is 0. The van der Waals surface area contributed by atoms with Gasteiger partial charge in [-0.15, -0.1) is 37.0 Å². The molecule has 0 saturated heterocycles. The Morgan fingerprint density at radius 1 is 0.500 bits per heavy atom. The molecule has 0 radical (unpaired) electrons. The van der Waals surface area contributed by atoms with E-state index in [0.717, 1.165) is 22.6 Å². The lowest BCUT2D eigenvalue weighted by Crippen LogP contribution is -2.16. The standard InChI is InChI=1S/C12H28P4/c13-9-4-2-1-3-5-10(14)7-12(16)8-11(15)6-9/h9-12H,1-8,13-16H2. The fraction of sp³-hybridized carbons (Fsp3) is 1.00. The summed E-state index contributed by atoms with van der Waals surface area (Å²) >= 11 is 0. The lowest BCUT2D eigenvalue weighted by molar-refractivity contribution is 0.527. The van der Waals surface area contributed by atoms with Crippen LogP contribution in [0.1, 0.15) is 51.4 Å². The molecule has 1 aliphatic rings. The van der Waals surface area contributed by atoms with E-state index >= 15 is 0 Å². The molecule has 0 aromatic carbocycles. The van der Waals surface area contributed by atoms with E-state index in [1.807, 2.05) is 0 Å². The van der Waals surface area contributed by atoms with Gasteiger partial charge in [0, 0.05) is 0 Å². The summed E-state index contributed by atoms with van der Waals surface area (Å²) in [6, 6.07) is 0. The number of hydrogen-bond donors (Lipinski definition) is 0. The van der Waals surface area contributed by atoms with Crippen molar-refractivity contribution in [1.29, 1.82) is 0 Å². The molecule has 1 aliphatic carbocycles. The minimum atomic E-state index is 0.807. The third-order valence-corrected chi connectivity index (χ3v) is 5.77. The predicted molar refractivity (Wildman–Crippen MR) is 90.9 cm³/mol. The van der Waals surface area contributed by atoms with Gasteiger partial charge in [0.05, 0.1) is 0 Å². The lowest BCUT2D eigenvalue weighted by atomic mass is 10.00. The van der Waals surface area contributed by atoms with Crippen LogP contribution in [-0.2, 0) is 0 Å². The highest BCUT2D eigenvalue weighted by Crippen LogP contribution is 2.30. The maximum Gasteiger partial charge on any atom is -0.0253 e. The van der Waals surface area contributed by atoms with Gasteiger partial charge in [-0.3, -0.25) is 0 Å². The summed E-state index contributed by atoms with van der Waals surface area (Å²) in [5.41, 5.74) is 3.29. The van der Waals surface area contributed by atoms with Gasteiger partial charge in [0.15, 0.2) is 0 Å². The van der Waals surface area contributed by atoms with Crippen molar-refractivity contribution in [2.45, 2.75) is 74.0 Å². The van der Waals surface area contributed by atoms with E-state index in [1.54, 1.807) is 0 Å². The minimum Gasteiger partial charge on any atom is -0.134 e. The molecule has 1 rings (SSSR count). The molecular weight excluding hydrogens is 268 g/mol. The molecule has 0 amide bonds. The molecule has 8 atom stereocenters. The fourth-order valence-corrected chi connectivity index (χ4v) is 6.10. The van der Waals surface area contributed by atoms with E-state index < -0.39 is 0 Å². The van der Waals surface area contributed by atoms with E-state index in [-0.39, 0.29) is 0 Å². The molecule has 0 heterocycles. The monoisotopic (exact) mass is 296 g/mol. The van der Waals surface area contributed by atoms with Gasteiger partial charge in [-0.05, 0) is 54.7 Å². The maximum absolute atomic E-state index is 3.06. The van der Waals surface area contributed by atoms with Crippen LogP contribution < -0.4 is 0 Å². The fourth-order valence-electron chi connectivity index (χ4n) is 2.58. The van der Waals surface area contributed by atoms with Crippen LogP contribution in [-0.4, -0.2) is 22.6 Å². The van der Waals surface area contributed by atoms with Gasteiger partial charge in [-0.1, -0.05) is 19.3 Å². The maximum atomic E-state index is 3.06. The van der Waals surface area contributed by atoms with Crippen molar-refractivity contribution in [2.75, 3.05) is 0 Å². The Kier molecular flexibility index (Phi) is 8.64. The highest BCUT2D eigenvalue weighted by molar-refractivity contribution is 7.20. The Bertz CT molecular complexity index is 168. The molecule has 8 unspecified atom stereocenters. The van der Waals surface area contributed by atoms with Crippen molar-refractivity contribution in [2.24, 2.45) is 0 Å². The SMILES string of the molecule is PC1CCCCCC(P)CC(P)CC(P)C1. The van der Waals surface area contributed by atoms with Crippen LogP contribution in [0.15, 0.2) is 0 Å². The van der Waals surface area contributed by atoms with Gasteiger partial charge in [-0.2, -0.15) is 0 Å². The Morgan fingerprint density at radius 3 is 1.31 bits per heavy atom. The van der Waals surface area contributed by atoms with Crippen LogP contribution in [0, 0.1) is 0 Å². The van der Waals surface area contributed by atoms with Crippen LogP contribution in [0.25, 0.3) is 0 Å². The van der Waals surface area contributed by atoms with E-state index in [2.05, 4.69) is 37.0 Å². The molecule has 0 bridgehead atoms. The lowest BCUT2D eigenvalue weighted by Gasteiger charge is -2.23. The van der Waals surface area contributed by atoms with E-state index in [1.165, 1.54) is 51.4 Å². The topological polar surface area (TPSA) is 0 Å². The quantitative estimate of drug-likeness (QED) is 0.590. The van der Waals surface area contributed by atoms with Gasteiger partial charge in [0.1, 0.15) is 0 Å². The third-order valence-electron chi connectivity index (χ3n) is 3.47. The summed E-state index contributed by atoms with van der Waals surface area (Å²) in [4.78, 5) is 0. The minimum absolute atomic E-state index is 0.807. The van der Waals surface area contributed by atoms with Crippen molar-refractivity contribution >= 4 is 37.0 Å². The summed E-state index contributed by atoms with van der Waals surface area (Å²) in [6.07, 6.45) is 11.2. The molecule has 0 N–H and O–H groups in total. The van der Waals surface area contributed by atoms with Crippen LogP contribution in [0.4, 0.5) is 0 Å². The zero-order valence-corrected chi connectivity index (χ0v) is 14.9. The van der Waals surface area contributed by atoms with Crippen molar-refractivity contribution in [1.82, 2.24) is 0 Å². The summed E-state index contributed by atoms with van der Waals surface area (Å²) in [5.74, 6) is 0. The molecule has 0 aromatic rings. The summed E-state index contributed by atoms with van der Waals surface area (Å²) < 4.78 is 0. The smallest absolute Gasteiger partial charge is 0.0253 e. The molecule has 0 aromatic heterocycles. The molecule has 0 nitrogen and oxygen atoms in total. The second-order valence-corrected chi connectivity index (χ2v) is 9.16. The summed E-state index contributed by atoms with van der Waals surface area (Å²) in [5, 5.41) is 0. The predicted octanol–water partition coefficient (Wildman–Crippen LogP) is 4.10. The normalized spacial score (nSPS) is 39.8. The van der Waals surface area contributed by atoms with Crippen LogP contribution >= 0.6 is 37.0 Å². The highest BCUT2D eigenvalue weighted by Gasteiger charge is 2.16. The molecule has 1 fully saturated rings. The Labute approximate surface area is 111 Å². The zero-order chi connectivity index (χ0) is 12.0. The van der Waals surface area contributed by atoms with Crippen molar-refractivity contribution in [3.8, 4) is 0 Å². The van der Waals surface area contributed by atoms with Crippen LogP contribution in [0.2, 0.25) is 0 Å². The van der Waals surface area contributed by atoms with E-state index in [0.29, 0.717) is 0 Å². The van der Waals surface area contributed by atoms with Crippen molar-refractivity contribution in [3.05, 3.63) is 0 Å². The van der Waals surface area contributed by atoms with Crippen LogP contribution in [0.3, 0.4) is 0 Å². The molecule has 96 valence electrons. The van der Waals surface area contributed by atoms with Gasteiger partial charge in [0.25, 0.3) is 0 Å². The Morgan fingerprint density at radius 2 is 0.875 bits per heavy atom. The number of rotatable bonds is 0. The largest absolute Gasteiger partial charge is 0.134 e. The van der Waals surface area contributed by atoms with Crippen molar-refractivity contribution < 1.29 is 0 Å². The van der Waals surface area contributed by atoms with E-state index in [4.69, 9.17) is 0 Å². The Balaban J connectivity index is 2.42. The number of hydrogen-bond acceptors (Lipinski definition) is 0. The first-order valence-corrected chi connectivity index (χ1v) is 9.27. The molecule has 4 heteroatoms. The molecule has 0 aliphatic heterocycles.